The van der Waals surface area contributed by atoms with Crippen molar-refractivity contribution in [1.29, 1.82) is 0 Å². The molecule has 1 aromatic rings. The monoisotopic (exact) mass is 346 g/mol. The molecule has 2 aliphatic heterocycles. The Balaban J connectivity index is 1.44. The fourth-order valence-electron chi connectivity index (χ4n) is 4.19. The number of carbonyl (C=O) groups excluding carboxylic acids is 1. The van der Waals surface area contributed by atoms with E-state index >= 15 is 0 Å². The molecular weight excluding hydrogens is 312 g/mol. The van der Waals surface area contributed by atoms with Crippen LogP contribution in [0.1, 0.15) is 64.1 Å². The molecule has 0 radical (unpaired) electrons. The fraction of sp³-hybridized carbons (Fsp3) is 0.800. The summed E-state index contributed by atoms with van der Waals surface area (Å²) in [5.41, 5.74) is 0. The third kappa shape index (κ3) is 5.06. The first kappa shape index (κ1) is 18.4. The second kappa shape index (κ2) is 8.84. The van der Waals surface area contributed by atoms with Crippen LogP contribution in [-0.4, -0.2) is 58.0 Å². The highest BCUT2D eigenvalue weighted by Crippen LogP contribution is 2.22. The van der Waals surface area contributed by atoms with E-state index in [0.717, 1.165) is 32.7 Å². The van der Waals surface area contributed by atoms with Gasteiger partial charge in [-0.15, -0.1) is 0 Å². The highest BCUT2D eigenvalue weighted by atomic mass is 16.2. The van der Waals surface area contributed by atoms with Crippen molar-refractivity contribution in [2.24, 2.45) is 5.92 Å². The average molecular weight is 347 g/mol. The van der Waals surface area contributed by atoms with Gasteiger partial charge in [0.2, 0.25) is 5.91 Å². The van der Waals surface area contributed by atoms with Gasteiger partial charge in [0.05, 0.1) is 6.54 Å². The molecule has 0 unspecified atom stereocenters. The molecule has 0 spiro atoms. The van der Waals surface area contributed by atoms with Crippen molar-refractivity contribution >= 4 is 5.91 Å². The zero-order valence-electron chi connectivity index (χ0n) is 16.0. The van der Waals surface area contributed by atoms with E-state index in [1.807, 2.05) is 6.20 Å². The molecule has 3 rings (SSSR count). The molecule has 3 heterocycles. The summed E-state index contributed by atoms with van der Waals surface area (Å²) < 4.78 is 2.33. The van der Waals surface area contributed by atoms with Gasteiger partial charge in [0.25, 0.3) is 0 Å². The van der Waals surface area contributed by atoms with Crippen LogP contribution in [0.5, 0.6) is 0 Å². The fourth-order valence-corrected chi connectivity index (χ4v) is 4.19. The van der Waals surface area contributed by atoms with Gasteiger partial charge in [-0.2, -0.15) is 0 Å². The molecule has 0 aromatic carbocycles. The number of imidazole rings is 1. The lowest BCUT2D eigenvalue weighted by Crippen LogP contribution is -2.44. The number of piperidine rings is 1. The number of amides is 1. The van der Waals surface area contributed by atoms with Crippen LogP contribution in [0.3, 0.4) is 0 Å². The Kier molecular flexibility index (Phi) is 6.51. The number of aromatic nitrogens is 2. The highest BCUT2D eigenvalue weighted by Gasteiger charge is 2.24. The predicted molar refractivity (Wildman–Crippen MR) is 101 cm³/mol. The van der Waals surface area contributed by atoms with Crippen molar-refractivity contribution in [2.45, 2.75) is 64.8 Å². The summed E-state index contributed by atoms with van der Waals surface area (Å²) in [5.74, 6) is 2.72. The van der Waals surface area contributed by atoms with Crippen molar-refractivity contribution in [3.8, 4) is 0 Å². The molecule has 25 heavy (non-hydrogen) atoms. The quantitative estimate of drug-likeness (QED) is 0.822. The lowest BCUT2D eigenvalue weighted by atomic mass is 9.96. The molecule has 2 fully saturated rings. The molecule has 140 valence electrons. The smallest absolute Gasteiger partial charge is 0.236 e. The standard InChI is InChI=1S/C20H34N4O/c1-17(2)20-21-9-14-24(20)15-18-7-12-22(13-8-18)16-19(25)23-10-5-3-4-6-11-23/h9,14,17-18H,3-8,10-13,15-16H2,1-2H3. The summed E-state index contributed by atoms with van der Waals surface area (Å²) in [5, 5.41) is 0. The van der Waals surface area contributed by atoms with E-state index in [1.54, 1.807) is 0 Å². The Hall–Kier alpha value is -1.36. The van der Waals surface area contributed by atoms with Crippen LogP contribution < -0.4 is 0 Å². The highest BCUT2D eigenvalue weighted by molar-refractivity contribution is 5.78. The van der Waals surface area contributed by atoms with Gasteiger partial charge in [0.1, 0.15) is 5.82 Å². The van der Waals surface area contributed by atoms with Gasteiger partial charge >= 0.3 is 0 Å². The minimum atomic E-state index is 0.344. The topological polar surface area (TPSA) is 41.4 Å². The molecule has 0 saturated carbocycles. The number of nitrogens with zero attached hydrogens (tertiary/aromatic N) is 4. The summed E-state index contributed by atoms with van der Waals surface area (Å²) in [7, 11) is 0. The van der Waals surface area contributed by atoms with Gasteiger partial charge in [-0.1, -0.05) is 26.7 Å². The molecule has 5 heteroatoms. The largest absolute Gasteiger partial charge is 0.342 e. The van der Waals surface area contributed by atoms with E-state index < -0.39 is 0 Å². The van der Waals surface area contributed by atoms with Crippen LogP contribution in [0.15, 0.2) is 12.4 Å². The van der Waals surface area contributed by atoms with E-state index in [0.29, 0.717) is 24.3 Å². The maximum atomic E-state index is 12.5. The van der Waals surface area contributed by atoms with Crippen LogP contribution >= 0.6 is 0 Å². The summed E-state index contributed by atoms with van der Waals surface area (Å²) in [6, 6.07) is 0. The van der Waals surface area contributed by atoms with Crippen molar-refractivity contribution in [2.75, 3.05) is 32.7 Å². The first-order valence-electron chi connectivity index (χ1n) is 10.1. The Morgan fingerprint density at radius 1 is 1.12 bits per heavy atom. The second-order valence-electron chi connectivity index (χ2n) is 8.11. The van der Waals surface area contributed by atoms with Crippen molar-refractivity contribution in [3.63, 3.8) is 0 Å². The molecule has 5 nitrogen and oxygen atoms in total. The van der Waals surface area contributed by atoms with E-state index in [1.165, 1.54) is 44.3 Å². The number of likely N-dealkylation sites (tertiary alicyclic amines) is 2. The molecule has 0 atom stereocenters. The van der Waals surface area contributed by atoms with Gasteiger partial charge in [0, 0.05) is 37.9 Å². The average Bonchev–Trinajstić information content (AvgIpc) is 2.89. The molecule has 0 bridgehead atoms. The van der Waals surface area contributed by atoms with Gasteiger partial charge in [-0.25, -0.2) is 4.98 Å². The van der Waals surface area contributed by atoms with E-state index in [9.17, 15) is 4.79 Å². The SMILES string of the molecule is CC(C)c1nccn1CC1CCN(CC(=O)N2CCCCCC2)CC1. The summed E-state index contributed by atoms with van der Waals surface area (Å²) in [4.78, 5) is 21.5. The van der Waals surface area contributed by atoms with Crippen LogP contribution in [0.25, 0.3) is 0 Å². The molecule has 2 saturated heterocycles. The first-order chi connectivity index (χ1) is 12.1. The maximum Gasteiger partial charge on any atom is 0.236 e. The predicted octanol–water partition coefficient (Wildman–Crippen LogP) is 3.12. The van der Waals surface area contributed by atoms with Crippen LogP contribution in [0.4, 0.5) is 0 Å². The van der Waals surface area contributed by atoms with E-state index in [-0.39, 0.29) is 0 Å². The van der Waals surface area contributed by atoms with Crippen molar-refractivity contribution < 1.29 is 4.79 Å². The number of hydrogen-bond acceptors (Lipinski definition) is 3. The molecule has 1 aromatic heterocycles. The Morgan fingerprint density at radius 3 is 2.44 bits per heavy atom. The van der Waals surface area contributed by atoms with Crippen LogP contribution in [0, 0.1) is 5.92 Å². The third-order valence-corrected chi connectivity index (χ3v) is 5.74. The van der Waals surface area contributed by atoms with Gasteiger partial charge < -0.3 is 9.47 Å². The molecule has 0 aliphatic carbocycles. The Bertz CT molecular complexity index is 538. The van der Waals surface area contributed by atoms with Gasteiger partial charge in [-0.3, -0.25) is 9.69 Å². The lowest BCUT2D eigenvalue weighted by molar-refractivity contribution is -0.132. The lowest BCUT2D eigenvalue weighted by Gasteiger charge is -2.33. The first-order valence-corrected chi connectivity index (χ1v) is 10.1. The molecule has 1 amide bonds. The van der Waals surface area contributed by atoms with Crippen LogP contribution in [0.2, 0.25) is 0 Å². The summed E-state index contributed by atoms with van der Waals surface area (Å²) >= 11 is 0. The maximum absolute atomic E-state index is 12.5. The zero-order valence-corrected chi connectivity index (χ0v) is 16.0. The second-order valence-corrected chi connectivity index (χ2v) is 8.11. The minimum absolute atomic E-state index is 0.344. The third-order valence-electron chi connectivity index (χ3n) is 5.74. The van der Waals surface area contributed by atoms with Gasteiger partial charge in [0.15, 0.2) is 0 Å². The molecule has 2 aliphatic rings. The van der Waals surface area contributed by atoms with Crippen LogP contribution in [-0.2, 0) is 11.3 Å². The molecule has 0 N–H and O–H groups in total. The summed E-state index contributed by atoms with van der Waals surface area (Å²) in [6.45, 7) is 10.1. The van der Waals surface area contributed by atoms with E-state index in [4.69, 9.17) is 0 Å². The summed E-state index contributed by atoms with van der Waals surface area (Å²) in [6.07, 6.45) is 11.3. The number of rotatable bonds is 5. The number of carbonyl (C=O) groups is 1. The normalized spacial score (nSPS) is 20.8. The van der Waals surface area contributed by atoms with Gasteiger partial charge in [-0.05, 0) is 44.7 Å². The Morgan fingerprint density at radius 2 is 1.80 bits per heavy atom. The molecular formula is C20H34N4O. The van der Waals surface area contributed by atoms with Crippen molar-refractivity contribution in [3.05, 3.63) is 18.2 Å². The number of hydrogen-bond donors (Lipinski definition) is 0. The Labute approximate surface area is 152 Å². The van der Waals surface area contributed by atoms with Crippen molar-refractivity contribution in [1.82, 2.24) is 19.4 Å². The minimum Gasteiger partial charge on any atom is -0.342 e. The van der Waals surface area contributed by atoms with E-state index in [2.05, 4.69) is 39.4 Å². The zero-order chi connectivity index (χ0) is 17.6.